The van der Waals surface area contributed by atoms with Crippen LogP contribution in [-0.2, 0) is 9.53 Å². The molecular formula is C26H21NO5. The van der Waals surface area contributed by atoms with Gasteiger partial charge in [-0.2, -0.15) is 5.26 Å². The number of nitriles is 1. The van der Waals surface area contributed by atoms with E-state index in [1.165, 1.54) is 0 Å². The smallest absolute Gasteiger partial charge is 0.343 e. The van der Waals surface area contributed by atoms with E-state index >= 15 is 0 Å². The Labute approximate surface area is 186 Å². The molecule has 0 spiro atoms. The van der Waals surface area contributed by atoms with Gasteiger partial charge in [-0.25, -0.2) is 9.59 Å². The number of hydrogen-bond acceptors (Lipinski definition) is 6. The molecule has 0 aromatic heterocycles. The summed E-state index contributed by atoms with van der Waals surface area (Å²) in [7, 11) is 0. The largest absolute Gasteiger partial charge is 0.493 e. The quantitative estimate of drug-likeness (QED) is 0.208. The monoisotopic (exact) mass is 427 g/mol. The zero-order valence-corrected chi connectivity index (χ0v) is 17.3. The van der Waals surface area contributed by atoms with E-state index in [1.54, 1.807) is 36.4 Å². The van der Waals surface area contributed by atoms with Crippen LogP contribution in [0.25, 0.3) is 11.1 Å². The van der Waals surface area contributed by atoms with Gasteiger partial charge in [0.1, 0.15) is 17.6 Å². The molecule has 32 heavy (non-hydrogen) atoms. The first kappa shape index (κ1) is 22.3. The van der Waals surface area contributed by atoms with Crippen LogP contribution in [0, 0.1) is 11.3 Å². The second-order valence-corrected chi connectivity index (χ2v) is 6.67. The second-order valence-electron chi connectivity index (χ2n) is 6.67. The normalized spacial score (nSPS) is 9.97. The Balaban J connectivity index is 1.55. The van der Waals surface area contributed by atoms with Crippen molar-refractivity contribution in [2.75, 3.05) is 13.2 Å². The first-order valence-corrected chi connectivity index (χ1v) is 9.94. The lowest BCUT2D eigenvalue weighted by Crippen LogP contribution is -2.09. The van der Waals surface area contributed by atoms with E-state index in [0.717, 1.165) is 17.2 Å². The minimum Gasteiger partial charge on any atom is -0.493 e. The molecule has 0 atom stereocenters. The van der Waals surface area contributed by atoms with Crippen LogP contribution >= 0.6 is 0 Å². The molecule has 0 saturated heterocycles. The molecule has 0 bridgehead atoms. The molecule has 6 heteroatoms. The summed E-state index contributed by atoms with van der Waals surface area (Å²) >= 11 is 0. The van der Waals surface area contributed by atoms with Gasteiger partial charge in [0.2, 0.25) is 0 Å². The van der Waals surface area contributed by atoms with Gasteiger partial charge in [0.05, 0.1) is 24.3 Å². The van der Waals surface area contributed by atoms with Crippen LogP contribution in [0.5, 0.6) is 11.5 Å². The maximum atomic E-state index is 12.4. The number of ether oxygens (including phenoxy) is 3. The molecule has 0 fully saturated rings. The van der Waals surface area contributed by atoms with Crippen molar-refractivity contribution in [2.45, 2.75) is 6.42 Å². The fraction of sp³-hybridized carbons (Fsp3) is 0.115. The van der Waals surface area contributed by atoms with Gasteiger partial charge in [0.15, 0.2) is 0 Å². The Kier molecular flexibility index (Phi) is 7.77. The van der Waals surface area contributed by atoms with Gasteiger partial charge in [0, 0.05) is 12.5 Å². The van der Waals surface area contributed by atoms with E-state index in [1.807, 2.05) is 42.5 Å². The molecule has 3 aromatic rings. The third-order valence-electron chi connectivity index (χ3n) is 4.49. The highest BCUT2D eigenvalue weighted by atomic mass is 16.5. The molecular weight excluding hydrogens is 406 g/mol. The molecule has 0 aliphatic rings. The summed E-state index contributed by atoms with van der Waals surface area (Å²) < 4.78 is 15.9. The van der Waals surface area contributed by atoms with Crippen molar-refractivity contribution < 1.29 is 23.8 Å². The molecule has 3 aromatic carbocycles. The fourth-order valence-electron chi connectivity index (χ4n) is 2.83. The average molecular weight is 427 g/mol. The third-order valence-corrected chi connectivity index (χ3v) is 4.49. The van der Waals surface area contributed by atoms with Crippen molar-refractivity contribution in [3.63, 3.8) is 0 Å². The SMILES string of the molecule is C=CC(=O)OCCCOc1ccc(-c2ccc(C(=O)Oc3ccccc3C#N)cc2)cc1. The van der Waals surface area contributed by atoms with Crippen molar-refractivity contribution in [3.8, 4) is 28.7 Å². The average Bonchev–Trinajstić information content (AvgIpc) is 2.84. The van der Waals surface area contributed by atoms with Crippen LogP contribution in [-0.4, -0.2) is 25.2 Å². The van der Waals surface area contributed by atoms with Crippen LogP contribution in [0.4, 0.5) is 0 Å². The number of rotatable bonds is 9. The molecule has 0 amide bonds. The predicted molar refractivity (Wildman–Crippen MR) is 119 cm³/mol. The number of para-hydroxylation sites is 1. The highest BCUT2D eigenvalue weighted by molar-refractivity contribution is 5.92. The summed E-state index contributed by atoms with van der Waals surface area (Å²) in [5.74, 6) is -0.0268. The molecule has 0 heterocycles. The van der Waals surface area contributed by atoms with Crippen molar-refractivity contribution >= 4 is 11.9 Å². The third kappa shape index (κ3) is 6.07. The minimum atomic E-state index is -0.526. The summed E-state index contributed by atoms with van der Waals surface area (Å²) in [5.41, 5.74) is 2.59. The maximum absolute atomic E-state index is 12.4. The first-order valence-electron chi connectivity index (χ1n) is 9.94. The molecule has 6 nitrogen and oxygen atoms in total. The van der Waals surface area contributed by atoms with E-state index in [-0.39, 0.29) is 12.4 Å². The molecule has 160 valence electrons. The lowest BCUT2D eigenvalue weighted by molar-refractivity contribution is -0.137. The fourth-order valence-corrected chi connectivity index (χ4v) is 2.83. The van der Waals surface area contributed by atoms with Gasteiger partial charge < -0.3 is 14.2 Å². The zero-order valence-electron chi connectivity index (χ0n) is 17.3. The Morgan fingerprint density at radius 2 is 1.56 bits per heavy atom. The number of hydrogen-bond donors (Lipinski definition) is 0. The zero-order chi connectivity index (χ0) is 22.8. The van der Waals surface area contributed by atoms with Crippen molar-refractivity contribution in [3.05, 3.63) is 96.6 Å². The van der Waals surface area contributed by atoms with Crippen molar-refractivity contribution in [2.24, 2.45) is 0 Å². The highest BCUT2D eigenvalue weighted by Gasteiger charge is 2.11. The Morgan fingerprint density at radius 1 is 0.906 bits per heavy atom. The molecule has 3 rings (SSSR count). The molecule has 0 radical (unpaired) electrons. The minimum absolute atomic E-state index is 0.235. The Bertz CT molecular complexity index is 1130. The standard InChI is InChI=1S/C26H21NO5/c1-2-25(28)31-17-5-16-30-23-14-12-20(13-15-23)19-8-10-21(11-9-19)26(29)32-24-7-4-3-6-22(24)18-27/h2-4,6-15H,1,5,16-17H2. The van der Waals surface area contributed by atoms with Gasteiger partial charge in [-0.3, -0.25) is 0 Å². The van der Waals surface area contributed by atoms with Crippen LogP contribution in [0.2, 0.25) is 0 Å². The van der Waals surface area contributed by atoms with Crippen LogP contribution in [0.15, 0.2) is 85.5 Å². The molecule has 0 unspecified atom stereocenters. The van der Waals surface area contributed by atoms with Crippen LogP contribution < -0.4 is 9.47 Å². The summed E-state index contributed by atoms with van der Waals surface area (Å²) in [5, 5.41) is 9.11. The summed E-state index contributed by atoms with van der Waals surface area (Å²) in [6, 6.07) is 23.2. The van der Waals surface area contributed by atoms with Gasteiger partial charge >= 0.3 is 11.9 Å². The number of esters is 2. The predicted octanol–water partition coefficient (Wildman–Crippen LogP) is 4.94. The lowest BCUT2D eigenvalue weighted by Gasteiger charge is -2.09. The van der Waals surface area contributed by atoms with E-state index in [2.05, 4.69) is 6.58 Å². The number of benzene rings is 3. The maximum Gasteiger partial charge on any atom is 0.343 e. The first-order chi connectivity index (χ1) is 15.6. The molecule has 0 N–H and O–H groups in total. The second kappa shape index (κ2) is 11.1. The van der Waals surface area contributed by atoms with Gasteiger partial charge in [0.25, 0.3) is 0 Å². The number of nitrogens with zero attached hydrogens (tertiary/aromatic N) is 1. The van der Waals surface area contributed by atoms with E-state index < -0.39 is 11.9 Å². The lowest BCUT2D eigenvalue weighted by atomic mass is 10.0. The topological polar surface area (TPSA) is 85.6 Å². The Hall–Kier alpha value is -4.37. The van der Waals surface area contributed by atoms with E-state index in [9.17, 15) is 9.59 Å². The molecule has 0 aliphatic heterocycles. The summed E-state index contributed by atoms with van der Waals surface area (Å²) in [6.07, 6.45) is 1.71. The number of carbonyl (C=O) groups excluding carboxylic acids is 2. The van der Waals surface area contributed by atoms with E-state index in [0.29, 0.717) is 29.9 Å². The van der Waals surface area contributed by atoms with Gasteiger partial charge in [-0.05, 0) is 47.5 Å². The van der Waals surface area contributed by atoms with Crippen LogP contribution in [0.1, 0.15) is 22.3 Å². The molecule has 0 aliphatic carbocycles. The van der Waals surface area contributed by atoms with Crippen molar-refractivity contribution in [1.29, 1.82) is 5.26 Å². The molecule has 0 saturated carbocycles. The number of carbonyl (C=O) groups is 2. The van der Waals surface area contributed by atoms with Crippen LogP contribution in [0.3, 0.4) is 0 Å². The van der Waals surface area contributed by atoms with Crippen molar-refractivity contribution in [1.82, 2.24) is 0 Å². The van der Waals surface area contributed by atoms with Gasteiger partial charge in [-0.1, -0.05) is 43.0 Å². The van der Waals surface area contributed by atoms with E-state index in [4.69, 9.17) is 19.5 Å². The summed E-state index contributed by atoms with van der Waals surface area (Å²) in [6.45, 7) is 4.04. The highest BCUT2D eigenvalue weighted by Crippen LogP contribution is 2.24. The Morgan fingerprint density at radius 3 is 2.22 bits per heavy atom. The summed E-state index contributed by atoms with van der Waals surface area (Å²) in [4.78, 5) is 23.4. The van der Waals surface area contributed by atoms with Gasteiger partial charge in [-0.15, -0.1) is 0 Å².